The van der Waals surface area contributed by atoms with Gasteiger partial charge in [-0.1, -0.05) is 333 Å². The molecule has 0 aromatic heterocycles. The number of rotatable bonds is 11. The maximum Gasteiger partial charge on any atom is 0.0462 e. The molecule has 10 aromatic carbocycles. The first-order valence-electron chi connectivity index (χ1n) is 31.2. The third-order valence-corrected chi connectivity index (χ3v) is 11.5. The molecule has 0 saturated heterocycles. The predicted molar refractivity (Wildman–Crippen MR) is 376 cm³/mol. The molecule has 0 amide bonds. The van der Waals surface area contributed by atoms with Crippen LogP contribution < -0.4 is 9.80 Å². The maximum atomic E-state index is 2.33. The maximum absolute atomic E-state index is 2.33. The Labute approximate surface area is 502 Å². The lowest BCUT2D eigenvalue weighted by atomic mass is 10.0. The summed E-state index contributed by atoms with van der Waals surface area (Å²) in [6, 6.07) is 95.5. The van der Waals surface area contributed by atoms with Crippen LogP contribution in [0.3, 0.4) is 0 Å². The van der Waals surface area contributed by atoms with Crippen LogP contribution in [0.4, 0.5) is 34.1 Å². The van der Waals surface area contributed by atoms with Crippen LogP contribution >= 0.6 is 0 Å². The molecule has 0 bridgehead atoms. The molecule has 0 N–H and O–H groups in total. The summed E-state index contributed by atoms with van der Waals surface area (Å²) in [5, 5.41) is 0. The molecular weight excluding hydrogens is 989 g/mol. The lowest BCUT2D eigenvalue weighted by Crippen LogP contribution is -2.10. The van der Waals surface area contributed by atoms with E-state index in [0.717, 1.165) is 45.3 Å². The molecule has 0 aliphatic carbocycles. The molecule has 434 valence electrons. The third-order valence-electron chi connectivity index (χ3n) is 11.5. The van der Waals surface area contributed by atoms with E-state index in [1.807, 2.05) is 138 Å². The van der Waals surface area contributed by atoms with Crippen molar-refractivity contribution in [3.63, 3.8) is 0 Å². The SMILES string of the molecule is CC.CC.CC.CC.CC.CC.CC.CC.CC.CC.c1ccc(-c2ccc(N(c3ccc(-c4ccccc4)cc3)c3ccc(-c4ccc(N(c5ccc(-c6ccccc6)cc5)c5ccc(-c6ccccc6)cc5)cc4)cc3)cc2)cc1. The minimum absolute atomic E-state index is 1.09. The number of benzene rings is 10. The van der Waals surface area contributed by atoms with E-state index >= 15 is 0 Å². The van der Waals surface area contributed by atoms with Gasteiger partial charge in [0.05, 0.1) is 0 Å². The molecule has 0 aliphatic heterocycles. The molecule has 0 unspecified atom stereocenters. The summed E-state index contributed by atoms with van der Waals surface area (Å²) in [7, 11) is 0. The van der Waals surface area contributed by atoms with Gasteiger partial charge in [-0.05, 0) is 128 Å². The lowest BCUT2D eigenvalue weighted by molar-refractivity contribution is 1.28. The smallest absolute Gasteiger partial charge is 0.0462 e. The van der Waals surface area contributed by atoms with Gasteiger partial charge in [-0.25, -0.2) is 0 Å². The summed E-state index contributed by atoms with van der Waals surface area (Å²) in [4.78, 5) is 4.67. The molecule has 82 heavy (non-hydrogen) atoms. The number of nitrogens with zero attached hydrogens (tertiary/aromatic N) is 2. The monoisotopic (exact) mass is 1090 g/mol. The van der Waals surface area contributed by atoms with Crippen LogP contribution in [0.1, 0.15) is 138 Å². The molecule has 0 aliphatic rings. The molecule has 10 aromatic rings. The summed E-state index contributed by atoms with van der Waals surface area (Å²) in [6.07, 6.45) is 0. The highest BCUT2D eigenvalue weighted by atomic mass is 15.1. The second-order valence-electron chi connectivity index (χ2n) is 15.4. The second-order valence-corrected chi connectivity index (χ2v) is 15.4. The van der Waals surface area contributed by atoms with Crippen molar-refractivity contribution in [2.24, 2.45) is 0 Å². The van der Waals surface area contributed by atoms with Crippen LogP contribution in [0.5, 0.6) is 0 Å². The molecule has 0 heterocycles. The zero-order valence-electron chi connectivity index (χ0n) is 54.3. The first kappa shape index (κ1) is 73.8. The fourth-order valence-corrected chi connectivity index (χ4v) is 8.23. The molecule has 10 rings (SSSR count). The summed E-state index contributed by atoms with van der Waals surface area (Å²) in [5.41, 5.74) is 18.5. The van der Waals surface area contributed by atoms with Gasteiger partial charge in [-0.15, -0.1) is 0 Å². The van der Waals surface area contributed by atoms with Gasteiger partial charge in [0.2, 0.25) is 0 Å². The van der Waals surface area contributed by atoms with E-state index in [-0.39, 0.29) is 0 Å². The highest BCUT2D eigenvalue weighted by Crippen LogP contribution is 2.40. The number of hydrogen-bond acceptors (Lipinski definition) is 2. The minimum atomic E-state index is 1.09. The van der Waals surface area contributed by atoms with Gasteiger partial charge in [0.15, 0.2) is 0 Å². The lowest BCUT2D eigenvalue weighted by Gasteiger charge is -2.27. The Balaban J connectivity index is 0.00000298. The van der Waals surface area contributed by atoms with Crippen LogP contribution in [-0.2, 0) is 0 Å². The molecule has 0 fully saturated rings. The topological polar surface area (TPSA) is 6.48 Å². The van der Waals surface area contributed by atoms with Crippen molar-refractivity contribution in [1.82, 2.24) is 0 Å². The predicted octanol–water partition coefficient (Wildman–Crippen LogP) is 27.2. The van der Waals surface area contributed by atoms with Gasteiger partial charge in [0, 0.05) is 34.1 Å². The molecular formula is C80H104N2. The normalized spacial score (nSPS) is 8.98. The highest BCUT2D eigenvalue weighted by Gasteiger charge is 2.16. The highest BCUT2D eigenvalue weighted by molar-refractivity contribution is 5.83. The van der Waals surface area contributed by atoms with E-state index in [2.05, 4.69) is 277 Å². The van der Waals surface area contributed by atoms with Crippen molar-refractivity contribution in [2.75, 3.05) is 9.80 Å². The van der Waals surface area contributed by atoms with Crippen LogP contribution in [0.15, 0.2) is 267 Å². The zero-order valence-corrected chi connectivity index (χ0v) is 54.3. The average Bonchev–Trinajstić information content (AvgIpc) is 3.65. The average molecular weight is 1090 g/mol. The van der Waals surface area contributed by atoms with Gasteiger partial charge < -0.3 is 9.80 Å². The third kappa shape index (κ3) is 22.0. The summed E-state index contributed by atoms with van der Waals surface area (Å²) < 4.78 is 0. The van der Waals surface area contributed by atoms with E-state index in [1.165, 1.54) is 44.5 Å². The quantitative estimate of drug-likeness (QED) is 0.127. The van der Waals surface area contributed by atoms with E-state index in [1.54, 1.807) is 0 Å². The van der Waals surface area contributed by atoms with Crippen LogP contribution in [0.25, 0.3) is 55.6 Å². The molecule has 0 atom stereocenters. The van der Waals surface area contributed by atoms with Crippen molar-refractivity contribution in [1.29, 1.82) is 0 Å². The zero-order chi connectivity index (χ0) is 61.5. The van der Waals surface area contributed by atoms with Crippen molar-refractivity contribution in [2.45, 2.75) is 138 Å². The Hall–Kier alpha value is -8.20. The second kappa shape index (κ2) is 46.5. The summed E-state index contributed by atoms with van der Waals surface area (Å²) in [6.45, 7) is 40.0. The van der Waals surface area contributed by atoms with Crippen molar-refractivity contribution in [3.8, 4) is 55.6 Å². The largest absolute Gasteiger partial charge is 0.311 e. The Kier molecular flexibility index (Phi) is 41.9. The van der Waals surface area contributed by atoms with E-state index < -0.39 is 0 Å². The van der Waals surface area contributed by atoms with Crippen LogP contribution in [0, 0.1) is 0 Å². The molecule has 0 spiro atoms. The first-order chi connectivity index (χ1) is 40.7. The van der Waals surface area contributed by atoms with E-state index in [4.69, 9.17) is 0 Å². The van der Waals surface area contributed by atoms with Crippen LogP contribution in [-0.4, -0.2) is 0 Å². The first-order valence-corrected chi connectivity index (χ1v) is 31.2. The number of hydrogen-bond donors (Lipinski definition) is 0. The van der Waals surface area contributed by atoms with E-state index in [0.29, 0.717) is 0 Å². The minimum Gasteiger partial charge on any atom is -0.311 e. The summed E-state index contributed by atoms with van der Waals surface area (Å²) >= 11 is 0. The molecule has 0 radical (unpaired) electrons. The van der Waals surface area contributed by atoms with E-state index in [9.17, 15) is 0 Å². The Morgan fingerprint density at radius 1 is 0.122 bits per heavy atom. The molecule has 2 nitrogen and oxygen atoms in total. The van der Waals surface area contributed by atoms with Gasteiger partial charge in [0.25, 0.3) is 0 Å². The van der Waals surface area contributed by atoms with Crippen LogP contribution in [0.2, 0.25) is 0 Å². The Bertz CT molecular complexity index is 2590. The van der Waals surface area contributed by atoms with Gasteiger partial charge >= 0.3 is 0 Å². The van der Waals surface area contributed by atoms with Crippen molar-refractivity contribution in [3.05, 3.63) is 267 Å². The van der Waals surface area contributed by atoms with Gasteiger partial charge in [-0.3, -0.25) is 0 Å². The Morgan fingerprint density at radius 3 is 0.329 bits per heavy atom. The fourth-order valence-electron chi connectivity index (χ4n) is 8.23. The fraction of sp³-hybridized carbons (Fsp3) is 0.250. The van der Waals surface area contributed by atoms with Crippen molar-refractivity contribution < 1.29 is 0 Å². The standard InChI is InChI=1S/C60H44N2.10C2H6/c1-5-13-45(14-6-1)49-21-33-55(34-22-49)61(56-35-23-50(24-36-56)46-15-7-2-8-16-46)59-41-29-53(30-42-59)54-31-43-60(44-32-54)62(57-37-25-51(26-38-57)47-17-9-3-10-18-47)58-39-27-52(28-40-58)48-19-11-4-12-20-48;10*1-2/h1-44H;10*1-2H3. The number of anilines is 6. The van der Waals surface area contributed by atoms with Crippen molar-refractivity contribution >= 4 is 34.1 Å². The van der Waals surface area contributed by atoms with Gasteiger partial charge in [-0.2, -0.15) is 0 Å². The van der Waals surface area contributed by atoms with Gasteiger partial charge in [0.1, 0.15) is 0 Å². The molecule has 0 saturated carbocycles. The Morgan fingerprint density at radius 2 is 0.220 bits per heavy atom. The molecule has 2 heteroatoms. The summed E-state index contributed by atoms with van der Waals surface area (Å²) in [5.74, 6) is 0.